The molecule has 1 aromatic carbocycles. The van der Waals surface area contributed by atoms with Crippen LogP contribution in [0.3, 0.4) is 0 Å². The Labute approximate surface area is 120 Å². The molecule has 0 aliphatic rings. The van der Waals surface area contributed by atoms with E-state index in [4.69, 9.17) is 10.2 Å². The van der Waals surface area contributed by atoms with Gasteiger partial charge in [-0.05, 0) is 24.3 Å². The molecule has 0 atom stereocenters. The number of carbonyl (C=O) groups excluding carboxylic acids is 1. The van der Waals surface area contributed by atoms with Gasteiger partial charge in [-0.15, -0.1) is 5.10 Å². The SMILES string of the molecule is NCc1ccc(C(=O)Nc2ccccc2-n2ccnn2)o1. The fourth-order valence-corrected chi connectivity index (χ4v) is 1.91. The van der Waals surface area contributed by atoms with E-state index < -0.39 is 0 Å². The lowest BCUT2D eigenvalue weighted by atomic mass is 10.2. The smallest absolute Gasteiger partial charge is 0.291 e. The fourth-order valence-electron chi connectivity index (χ4n) is 1.91. The molecule has 0 saturated carbocycles. The minimum absolute atomic E-state index is 0.212. The van der Waals surface area contributed by atoms with Crippen LogP contribution in [0.5, 0.6) is 0 Å². The lowest BCUT2D eigenvalue weighted by Gasteiger charge is -2.09. The number of anilines is 1. The number of rotatable bonds is 4. The summed E-state index contributed by atoms with van der Waals surface area (Å²) in [5.74, 6) is 0.427. The van der Waals surface area contributed by atoms with Crippen LogP contribution in [0.4, 0.5) is 5.69 Å². The van der Waals surface area contributed by atoms with Crippen LogP contribution >= 0.6 is 0 Å². The van der Waals surface area contributed by atoms with Crippen molar-refractivity contribution in [1.29, 1.82) is 0 Å². The Morgan fingerprint density at radius 2 is 2.14 bits per heavy atom. The van der Waals surface area contributed by atoms with Crippen LogP contribution in [0.25, 0.3) is 5.69 Å². The van der Waals surface area contributed by atoms with Gasteiger partial charge in [0.25, 0.3) is 5.91 Å². The third-order valence-electron chi connectivity index (χ3n) is 2.91. The van der Waals surface area contributed by atoms with Gasteiger partial charge < -0.3 is 15.5 Å². The van der Waals surface area contributed by atoms with Crippen LogP contribution in [0.15, 0.2) is 53.2 Å². The minimum Gasteiger partial charge on any atom is -0.455 e. The maximum atomic E-state index is 12.2. The first-order valence-corrected chi connectivity index (χ1v) is 6.34. The predicted molar refractivity (Wildman–Crippen MR) is 75.9 cm³/mol. The van der Waals surface area contributed by atoms with Crippen molar-refractivity contribution in [3.8, 4) is 5.69 Å². The molecule has 0 bridgehead atoms. The Kier molecular flexibility index (Phi) is 3.48. The largest absolute Gasteiger partial charge is 0.455 e. The Morgan fingerprint density at radius 1 is 1.29 bits per heavy atom. The Balaban J connectivity index is 1.86. The van der Waals surface area contributed by atoms with Crippen molar-refractivity contribution < 1.29 is 9.21 Å². The maximum absolute atomic E-state index is 12.2. The van der Waals surface area contributed by atoms with Crippen LogP contribution in [-0.4, -0.2) is 20.9 Å². The zero-order chi connectivity index (χ0) is 14.7. The van der Waals surface area contributed by atoms with Gasteiger partial charge in [0, 0.05) is 0 Å². The molecule has 0 saturated heterocycles. The molecule has 1 amide bonds. The third kappa shape index (κ3) is 2.67. The van der Waals surface area contributed by atoms with Gasteiger partial charge in [0.1, 0.15) is 5.76 Å². The molecule has 7 nitrogen and oxygen atoms in total. The summed E-state index contributed by atoms with van der Waals surface area (Å²) in [6.07, 6.45) is 3.27. The van der Waals surface area contributed by atoms with Gasteiger partial charge in [0.2, 0.25) is 0 Å². The predicted octanol–water partition coefficient (Wildman–Crippen LogP) is 1.57. The van der Waals surface area contributed by atoms with Crippen molar-refractivity contribution >= 4 is 11.6 Å². The van der Waals surface area contributed by atoms with Crippen molar-refractivity contribution in [3.05, 3.63) is 60.3 Å². The Hall–Kier alpha value is -2.93. The van der Waals surface area contributed by atoms with Gasteiger partial charge in [-0.25, -0.2) is 4.68 Å². The third-order valence-corrected chi connectivity index (χ3v) is 2.91. The number of nitrogens with zero attached hydrogens (tertiary/aromatic N) is 3. The summed E-state index contributed by atoms with van der Waals surface area (Å²) < 4.78 is 6.90. The highest BCUT2D eigenvalue weighted by molar-refractivity contribution is 6.03. The number of nitrogens with two attached hydrogens (primary N) is 1. The van der Waals surface area contributed by atoms with Crippen LogP contribution in [0.1, 0.15) is 16.3 Å². The lowest BCUT2D eigenvalue weighted by Crippen LogP contribution is -2.13. The molecule has 0 aliphatic heterocycles. The van der Waals surface area contributed by atoms with Gasteiger partial charge in [-0.1, -0.05) is 17.3 Å². The monoisotopic (exact) mass is 283 g/mol. The number of furan rings is 1. The average molecular weight is 283 g/mol. The number of carbonyl (C=O) groups is 1. The lowest BCUT2D eigenvalue weighted by molar-refractivity contribution is 0.0995. The van der Waals surface area contributed by atoms with Crippen LogP contribution in [-0.2, 0) is 6.54 Å². The van der Waals surface area contributed by atoms with E-state index in [1.807, 2.05) is 18.2 Å². The molecule has 3 aromatic rings. The molecule has 3 N–H and O–H groups in total. The summed E-state index contributed by atoms with van der Waals surface area (Å²) in [4.78, 5) is 12.2. The number of aromatic nitrogens is 3. The highest BCUT2D eigenvalue weighted by Gasteiger charge is 2.13. The van der Waals surface area contributed by atoms with Gasteiger partial charge in [0.05, 0.1) is 30.3 Å². The normalized spacial score (nSPS) is 10.5. The van der Waals surface area contributed by atoms with Crippen molar-refractivity contribution in [1.82, 2.24) is 15.0 Å². The number of benzene rings is 1. The summed E-state index contributed by atoms with van der Waals surface area (Å²) in [7, 11) is 0. The van der Waals surface area contributed by atoms with Gasteiger partial charge in [-0.3, -0.25) is 4.79 Å². The molecule has 0 fully saturated rings. The quantitative estimate of drug-likeness (QED) is 0.757. The number of amides is 1. The highest BCUT2D eigenvalue weighted by Crippen LogP contribution is 2.20. The topological polar surface area (TPSA) is 99.0 Å². The molecule has 3 rings (SSSR count). The average Bonchev–Trinajstić information content (AvgIpc) is 3.19. The molecule has 0 radical (unpaired) electrons. The summed E-state index contributed by atoms with van der Waals surface area (Å²) in [6, 6.07) is 10.6. The highest BCUT2D eigenvalue weighted by atomic mass is 16.4. The molecule has 2 heterocycles. The van der Waals surface area contributed by atoms with E-state index in [0.29, 0.717) is 17.1 Å². The van der Waals surface area contributed by atoms with Crippen LogP contribution in [0.2, 0.25) is 0 Å². The first kappa shape index (κ1) is 13.1. The summed E-state index contributed by atoms with van der Waals surface area (Å²) in [6.45, 7) is 0.253. The second kappa shape index (κ2) is 5.59. The molecular formula is C14H13N5O2. The fraction of sp³-hybridized carbons (Fsp3) is 0.0714. The molecule has 0 unspecified atom stereocenters. The second-order valence-electron chi connectivity index (χ2n) is 4.29. The van der Waals surface area contributed by atoms with E-state index >= 15 is 0 Å². The zero-order valence-electron chi connectivity index (χ0n) is 11.1. The molecule has 2 aromatic heterocycles. The minimum atomic E-state index is -0.345. The maximum Gasteiger partial charge on any atom is 0.291 e. The number of nitrogens with one attached hydrogen (secondary N) is 1. The number of hydrogen-bond acceptors (Lipinski definition) is 5. The first-order valence-electron chi connectivity index (χ1n) is 6.34. The van der Waals surface area contributed by atoms with E-state index in [1.165, 1.54) is 0 Å². The van der Waals surface area contributed by atoms with E-state index in [-0.39, 0.29) is 18.2 Å². The van der Waals surface area contributed by atoms with E-state index in [9.17, 15) is 4.79 Å². The molecule has 106 valence electrons. The van der Waals surface area contributed by atoms with Crippen molar-refractivity contribution in [2.45, 2.75) is 6.54 Å². The first-order chi connectivity index (χ1) is 10.3. The summed E-state index contributed by atoms with van der Waals surface area (Å²) in [5, 5.41) is 10.5. The molecule has 7 heteroatoms. The van der Waals surface area contributed by atoms with Crippen molar-refractivity contribution in [2.24, 2.45) is 5.73 Å². The Morgan fingerprint density at radius 3 is 2.86 bits per heavy atom. The second-order valence-corrected chi connectivity index (χ2v) is 4.29. The number of hydrogen-bond donors (Lipinski definition) is 2. The van der Waals surface area contributed by atoms with E-state index in [0.717, 1.165) is 0 Å². The van der Waals surface area contributed by atoms with E-state index in [1.54, 1.807) is 35.3 Å². The van der Waals surface area contributed by atoms with Crippen molar-refractivity contribution in [2.75, 3.05) is 5.32 Å². The standard InChI is InChI=1S/C14H13N5O2/c15-9-10-5-6-13(21-10)14(20)17-11-3-1-2-4-12(11)19-8-7-16-18-19/h1-8H,9,15H2,(H,17,20). The summed E-state index contributed by atoms with van der Waals surface area (Å²) in [5.41, 5.74) is 6.79. The van der Waals surface area contributed by atoms with E-state index in [2.05, 4.69) is 15.6 Å². The molecular weight excluding hydrogens is 270 g/mol. The molecule has 21 heavy (non-hydrogen) atoms. The van der Waals surface area contributed by atoms with Crippen LogP contribution in [0, 0.1) is 0 Å². The molecule has 0 aliphatic carbocycles. The van der Waals surface area contributed by atoms with Crippen molar-refractivity contribution in [3.63, 3.8) is 0 Å². The van der Waals surface area contributed by atoms with Gasteiger partial charge in [0.15, 0.2) is 5.76 Å². The van der Waals surface area contributed by atoms with Gasteiger partial charge >= 0.3 is 0 Å². The number of para-hydroxylation sites is 2. The zero-order valence-corrected chi connectivity index (χ0v) is 11.1. The Bertz CT molecular complexity index is 748. The molecule has 0 spiro atoms. The summed E-state index contributed by atoms with van der Waals surface area (Å²) >= 11 is 0. The van der Waals surface area contributed by atoms with Crippen LogP contribution < -0.4 is 11.1 Å². The van der Waals surface area contributed by atoms with Gasteiger partial charge in [-0.2, -0.15) is 0 Å².